The van der Waals surface area contributed by atoms with Gasteiger partial charge < -0.3 is 5.32 Å². The highest BCUT2D eigenvalue weighted by molar-refractivity contribution is 5.91. The second-order valence-corrected chi connectivity index (χ2v) is 12.8. The molecule has 7 rings (SSSR count). The molecule has 1 unspecified atom stereocenters. The van der Waals surface area contributed by atoms with E-state index in [2.05, 4.69) is 183 Å². The summed E-state index contributed by atoms with van der Waals surface area (Å²) in [6.07, 6.45) is 30.1. The van der Waals surface area contributed by atoms with Gasteiger partial charge in [-0.2, -0.15) is 0 Å². The van der Waals surface area contributed by atoms with Crippen molar-refractivity contribution in [3.05, 3.63) is 265 Å². The number of nitrogens with one attached hydrogen (secondary N) is 1. The Morgan fingerprint density at radius 1 is 0.679 bits per heavy atom. The number of anilines is 1. The number of hydrogen-bond donors (Lipinski definition) is 1. The highest BCUT2D eigenvalue weighted by Crippen LogP contribution is 2.52. The molecule has 1 nitrogen and oxygen atoms in total. The molecule has 0 saturated carbocycles. The van der Waals surface area contributed by atoms with E-state index < -0.39 is 5.41 Å². The monoisotopic (exact) mass is 687 g/mol. The quantitative estimate of drug-likeness (QED) is 0.143. The number of hydrogen-bond acceptors (Lipinski definition) is 1. The van der Waals surface area contributed by atoms with Crippen LogP contribution < -0.4 is 5.32 Å². The Hall–Kier alpha value is -6.44. The molecular weight excluding hydrogens is 639 g/mol. The standard InChI is InChI=1S/C42H35N.C7H8.C3H6/c1-3-4-5-6-8-22-36-23-14-11-19-34-20-13-16-28-40(34)42(36)32(2)31-38(43-37-24-9-7-10-25-37)26-17-21-35-30-29-33-18-12-15-27-39(33)41(35)42;1-7-5-3-2-4-6-7;1-3-2/h3-20,22-31,43H,1-2,21H2;2-6H,1H3;3H,1H2,2H3/b5-4-,8-6-,19-11-,23-14-,26-17-,36-22-,38-31+;;. The first-order valence-corrected chi connectivity index (χ1v) is 18.1. The molecule has 0 saturated heterocycles. The number of allylic oxidation sites excluding steroid dienone is 15. The van der Waals surface area contributed by atoms with Crippen molar-refractivity contribution in [2.75, 3.05) is 5.32 Å². The molecule has 0 radical (unpaired) electrons. The molecule has 2 aliphatic rings. The lowest BCUT2D eigenvalue weighted by Crippen LogP contribution is -2.34. The summed E-state index contributed by atoms with van der Waals surface area (Å²) in [6.45, 7) is 16.1. The number of aryl methyl sites for hydroxylation is 1. The van der Waals surface area contributed by atoms with E-state index in [0.29, 0.717) is 0 Å². The van der Waals surface area contributed by atoms with Gasteiger partial charge in [0.2, 0.25) is 0 Å². The van der Waals surface area contributed by atoms with Crippen LogP contribution in [0.2, 0.25) is 0 Å². The van der Waals surface area contributed by atoms with Crippen LogP contribution in [0, 0.1) is 6.92 Å². The summed E-state index contributed by atoms with van der Waals surface area (Å²) < 4.78 is 0. The fraction of sp³-hybridized carbons (Fsp3) is 0.0769. The Labute approximate surface area is 317 Å². The van der Waals surface area contributed by atoms with Gasteiger partial charge in [0.1, 0.15) is 0 Å². The second-order valence-electron chi connectivity index (χ2n) is 12.8. The lowest BCUT2D eigenvalue weighted by molar-refractivity contribution is 0.740. The zero-order valence-corrected chi connectivity index (χ0v) is 31.0. The molecule has 0 fully saturated rings. The van der Waals surface area contributed by atoms with Crippen LogP contribution in [-0.2, 0) is 11.8 Å². The minimum atomic E-state index is -0.684. The van der Waals surface area contributed by atoms with Crippen LogP contribution in [0.3, 0.4) is 0 Å². The first-order chi connectivity index (χ1) is 26.0. The van der Waals surface area contributed by atoms with Crippen LogP contribution in [0.4, 0.5) is 5.69 Å². The molecule has 0 amide bonds. The van der Waals surface area contributed by atoms with Gasteiger partial charge >= 0.3 is 0 Å². The molecule has 0 bridgehead atoms. The van der Waals surface area contributed by atoms with Crippen LogP contribution in [0.5, 0.6) is 0 Å². The van der Waals surface area contributed by atoms with Gasteiger partial charge in [0, 0.05) is 11.4 Å². The summed E-state index contributed by atoms with van der Waals surface area (Å²) in [6, 6.07) is 42.6. The summed E-state index contributed by atoms with van der Waals surface area (Å²) >= 11 is 0. The van der Waals surface area contributed by atoms with E-state index in [1.54, 1.807) is 12.2 Å². The molecule has 53 heavy (non-hydrogen) atoms. The average molecular weight is 688 g/mol. The summed E-state index contributed by atoms with van der Waals surface area (Å²) in [5.74, 6) is 0. The van der Waals surface area contributed by atoms with E-state index >= 15 is 0 Å². The summed E-state index contributed by atoms with van der Waals surface area (Å²) in [4.78, 5) is 0. The highest BCUT2D eigenvalue weighted by atomic mass is 14.9. The fourth-order valence-corrected chi connectivity index (χ4v) is 6.81. The van der Waals surface area contributed by atoms with Crippen molar-refractivity contribution in [2.24, 2.45) is 0 Å². The normalized spacial score (nSPS) is 19.6. The molecule has 1 heteroatoms. The van der Waals surface area contributed by atoms with Gasteiger partial charge in [-0.1, -0.05) is 201 Å². The third-order valence-corrected chi connectivity index (χ3v) is 9.05. The third-order valence-electron chi connectivity index (χ3n) is 9.05. The van der Waals surface area contributed by atoms with Gasteiger partial charge in [-0.15, -0.1) is 6.58 Å². The zero-order valence-electron chi connectivity index (χ0n) is 31.0. The highest BCUT2D eigenvalue weighted by Gasteiger charge is 2.43. The lowest BCUT2D eigenvalue weighted by atomic mass is 9.60. The van der Waals surface area contributed by atoms with Crippen LogP contribution in [0.1, 0.15) is 34.7 Å². The number of para-hydroxylation sites is 1. The van der Waals surface area contributed by atoms with Gasteiger partial charge in [-0.3, -0.25) is 0 Å². The second kappa shape index (κ2) is 19.2. The average Bonchev–Trinajstić information content (AvgIpc) is 3.23. The van der Waals surface area contributed by atoms with E-state index in [0.717, 1.165) is 29.0 Å². The van der Waals surface area contributed by atoms with E-state index in [4.69, 9.17) is 6.58 Å². The molecule has 5 aromatic carbocycles. The van der Waals surface area contributed by atoms with Crippen LogP contribution >= 0.6 is 0 Å². The Morgan fingerprint density at radius 3 is 2.08 bits per heavy atom. The SMILES string of the molecule is C=CC.C=C\C=C/C=C\C=C1\C=C/C=C\c2ccccc2C12C(=C)/C=C(Nc1ccccc1)\C=C/Cc1ccc3ccccc3c12.Cc1ccccc1. The van der Waals surface area contributed by atoms with E-state index in [1.807, 2.05) is 43.3 Å². The molecule has 262 valence electrons. The van der Waals surface area contributed by atoms with Gasteiger partial charge in [0.05, 0.1) is 5.41 Å². The maximum atomic E-state index is 4.91. The predicted octanol–water partition coefficient (Wildman–Crippen LogP) is 13.8. The smallest absolute Gasteiger partial charge is 0.0711 e. The van der Waals surface area contributed by atoms with E-state index in [-0.39, 0.29) is 0 Å². The minimum Gasteiger partial charge on any atom is -0.356 e. The zero-order chi connectivity index (χ0) is 37.3. The van der Waals surface area contributed by atoms with Gasteiger partial charge in [0.25, 0.3) is 0 Å². The molecule has 1 spiro atoms. The van der Waals surface area contributed by atoms with E-state index in [1.165, 1.54) is 38.6 Å². The van der Waals surface area contributed by atoms with Crippen molar-refractivity contribution in [3.63, 3.8) is 0 Å². The molecule has 2 aliphatic carbocycles. The third kappa shape index (κ3) is 9.27. The van der Waals surface area contributed by atoms with Crippen molar-refractivity contribution >= 4 is 22.5 Å². The first-order valence-electron chi connectivity index (χ1n) is 18.1. The number of rotatable bonds is 5. The van der Waals surface area contributed by atoms with Crippen molar-refractivity contribution < 1.29 is 0 Å². The van der Waals surface area contributed by atoms with Crippen LogP contribution in [-0.4, -0.2) is 0 Å². The molecule has 1 atom stereocenters. The number of benzene rings is 5. The Balaban J connectivity index is 0.000000474. The summed E-state index contributed by atoms with van der Waals surface area (Å²) in [5.41, 5.74) is 9.73. The Bertz CT molecular complexity index is 2240. The predicted molar refractivity (Wildman–Crippen MR) is 233 cm³/mol. The fourth-order valence-electron chi connectivity index (χ4n) is 6.81. The van der Waals surface area contributed by atoms with Crippen molar-refractivity contribution in [2.45, 2.75) is 25.7 Å². The van der Waals surface area contributed by atoms with E-state index in [9.17, 15) is 0 Å². The lowest BCUT2D eigenvalue weighted by Gasteiger charge is -2.41. The van der Waals surface area contributed by atoms with Crippen LogP contribution in [0.25, 0.3) is 16.8 Å². The molecule has 0 aromatic heterocycles. The molecule has 5 aromatic rings. The summed E-state index contributed by atoms with van der Waals surface area (Å²) in [7, 11) is 0. The Morgan fingerprint density at radius 2 is 1.34 bits per heavy atom. The maximum Gasteiger partial charge on any atom is 0.0711 e. The topological polar surface area (TPSA) is 12.0 Å². The molecule has 0 aliphatic heterocycles. The number of fused-ring (bicyclic) bond motifs is 6. The van der Waals surface area contributed by atoms with Gasteiger partial charge in [0.15, 0.2) is 0 Å². The Kier molecular flexibility index (Phi) is 13.7. The first kappa shape index (κ1) is 37.8. The summed E-state index contributed by atoms with van der Waals surface area (Å²) in [5, 5.41) is 6.10. The van der Waals surface area contributed by atoms with Crippen molar-refractivity contribution in [1.82, 2.24) is 0 Å². The molecule has 1 N–H and O–H groups in total. The van der Waals surface area contributed by atoms with Crippen molar-refractivity contribution in [1.29, 1.82) is 0 Å². The van der Waals surface area contributed by atoms with Gasteiger partial charge in [-0.05, 0) is 88.7 Å². The van der Waals surface area contributed by atoms with Gasteiger partial charge in [-0.25, -0.2) is 0 Å². The molecular formula is C52H49N. The molecule has 0 heterocycles. The van der Waals surface area contributed by atoms with Crippen molar-refractivity contribution in [3.8, 4) is 0 Å². The van der Waals surface area contributed by atoms with Crippen LogP contribution in [0.15, 0.2) is 237 Å². The maximum absolute atomic E-state index is 4.91. The largest absolute Gasteiger partial charge is 0.356 e. The minimum absolute atomic E-state index is 0.684.